The fraction of sp³-hybridized carbons (Fsp3) is 0.765. The minimum Gasteiger partial charge on any atom is -0.0854 e. The summed E-state index contributed by atoms with van der Waals surface area (Å²) < 4.78 is 0. The van der Waals surface area contributed by atoms with E-state index in [9.17, 15) is 0 Å². The van der Waals surface area contributed by atoms with Gasteiger partial charge < -0.3 is 0 Å². The highest BCUT2D eigenvalue weighted by atomic mass is 14.2. The molecule has 0 nitrogen and oxygen atoms in total. The van der Waals surface area contributed by atoms with Crippen molar-refractivity contribution in [1.82, 2.24) is 0 Å². The van der Waals surface area contributed by atoms with E-state index in [4.69, 9.17) is 0 Å². The summed E-state index contributed by atoms with van der Waals surface area (Å²) in [5, 5.41) is 0. The van der Waals surface area contributed by atoms with Crippen LogP contribution in [-0.2, 0) is 0 Å². The van der Waals surface area contributed by atoms with Crippen LogP contribution < -0.4 is 0 Å². The van der Waals surface area contributed by atoms with Gasteiger partial charge in [0.05, 0.1) is 0 Å². The lowest BCUT2D eigenvalue weighted by Gasteiger charge is -2.18. The molecule has 0 saturated heterocycles. The van der Waals surface area contributed by atoms with Crippen LogP contribution in [0.4, 0.5) is 0 Å². The van der Waals surface area contributed by atoms with Crippen molar-refractivity contribution in [3.8, 4) is 0 Å². The van der Waals surface area contributed by atoms with Crippen molar-refractivity contribution in [2.45, 2.75) is 61.3 Å². The molecule has 0 aromatic heterocycles. The summed E-state index contributed by atoms with van der Waals surface area (Å²) in [6.07, 6.45) is 9.75. The van der Waals surface area contributed by atoms with Gasteiger partial charge in [-0.3, -0.25) is 0 Å². The van der Waals surface area contributed by atoms with E-state index in [0.29, 0.717) is 23.7 Å². The summed E-state index contributed by atoms with van der Waals surface area (Å²) in [4.78, 5) is 0. The molecule has 0 heteroatoms. The monoisotopic (exact) mass is 236 g/mol. The highest BCUT2D eigenvalue weighted by Gasteiger charge is 2.11. The van der Waals surface area contributed by atoms with Gasteiger partial charge in [0, 0.05) is 0 Å². The summed E-state index contributed by atoms with van der Waals surface area (Å²) in [5.41, 5.74) is 1.52. The number of allylic oxidation sites excluding steroid dienone is 4. The van der Waals surface area contributed by atoms with Gasteiger partial charge in [0.2, 0.25) is 0 Å². The first-order valence-electron chi connectivity index (χ1n) is 7.28. The van der Waals surface area contributed by atoms with Gasteiger partial charge in [0.15, 0.2) is 0 Å². The second-order valence-electron chi connectivity index (χ2n) is 5.77. The summed E-state index contributed by atoms with van der Waals surface area (Å²) in [7, 11) is 0. The Morgan fingerprint density at radius 3 is 1.94 bits per heavy atom. The Morgan fingerprint density at radius 2 is 1.53 bits per heavy atom. The molecule has 3 unspecified atom stereocenters. The van der Waals surface area contributed by atoms with Crippen molar-refractivity contribution >= 4 is 0 Å². The summed E-state index contributed by atoms with van der Waals surface area (Å²) in [6.45, 7) is 16.0. The van der Waals surface area contributed by atoms with Crippen molar-refractivity contribution in [3.05, 3.63) is 23.8 Å². The minimum absolute atomic E-state index is 0.655. The maximum absolute atomic E-state index is 2.46. The van der Waals surface area contributed by atoms with Gasteiger partial charge in [-0.15, -0.1) is 0 Å². The van der Waals surface area contributed by atoms with Crippen LogP contribution >= 0.6 is 0 Å². The van der Waals surface area contributed by atoms with E-state index in [1.54, 1.807) is 0 Å². The first-order chi connectivity index (χ1) is 7.92. The molecule has 3 atom stereocenters. The molecular weight excluding hydrogens is 204 g/mol. The first-order valence-corrected chi connectivity index (χ1v) is 7.28. The van der Waals surface area contributed by atoms with Crippen LogP contribution in [0.1, 0.15) is 61.3 Å². The molecule has 17 heavy (non-hydrogen) atoms. The lowest BCUT2D eigenvalue weighted by molar-refractivity contribution is 0.487. The Hall–Kier alpha value is -0.520. The zero-order valence-electron chi connectivity index (χ0n) is 13.0. The van der Waals surface area contributed by atoms with Gasteiger partial charge in [-0.1, -0.05) is 71.8 Å². The number of rotatable bonds is 7. The molecule has 0 aliphatic carbocycles. The zero-order chi connectivity index (χ0) is 13.4. The number of hydrogen-bond donors (Lipinski definition) is 0. The van der Waals surface area contributed by atoms with Crippen LogP contribution in [0, 0.1) is 23.7 Å². The molecule has 100 valence electrons. The predicted octanol–water partition coefficient (Wildman–Crippen LogP) is 5.85. The van der Waals surface area contributed by atoms with E-state index >= 15 is 0 Å². The summed E-state index contributed by atoms with van der Waals surface area (Å²) >= 11 is 0. The fourth-order valence-electron chi connectivity index (χ4n) is 1.88. The van der Waals surface area contributed by atoms with Gasteiger partial charge in [0.25, 0.3) is 0 Å². The van der Waals surface area contributed by atoms with Crippen LogP contribution in [-0.4, -0.2) is 0 Å². The van der Waals surface area contributed by atoms with E-state index in [1.165, 1.54) is 18.4 Å². The van der Waals surface area contributed by atoms with Crippen LogP contribution in [0.2, 0.25) is 0 Å². The van der Waals surface area contributed by atoms with Crippen LogP contribution in [0.25, 0.3) is 0 Å². The summed E-state index contributed by atoms with van der Waals surface area (Å²) in [5.74, 6) is 2.74. The van der Waals surface area contributed by atoms with Crippen LogP contribution in [0.15, 0.2) is 23.8 Å². The molecule has 0 aliphatic rings. The molecular formula is C17H32. The molecule has 0 aliphatic heterocycles. The highest BCUT2D eigenvalue weighted by Crippen LogP contribution is 2.23. The standard InChI is InChI=1S/C17H32/c1-8-14(5)10-11-17(9-2)16(7)12-15(6)13(3)4/h10-14,16-17H,8-9H2,1-7H3. The maximum atomic E-state index is 2.46. The molecule has 0 radical (unpaired) electrons. The Bertz CT molecular complexity index is 245. The topological polar surface area (TPSA) is 0 Å². The van der Waals surface area contributed by atoms with E-state index in [2.05, 4.69) is 66.7 Å². The summed E-state index contributed by atoms with van der Waals surface area (Å²) in [6, 6.07) is 0. The Labute approximate surface area is 109 Å². The molecule has 0 amide bonds. The average Bonchev–Trinajstić information content (AvgIpc) is 2.29. The van der Waals surface area contributed by atoms with Gasteiger partial charge in [-0.2, -0.15) is 0 Å². The highest BCUT2D eigenvalue weighted by molar-refractivity contribution is 5.06. The molecule has 0 aromatic carbocycles. The van der Waals surface area contributed by atoms with Gasteiger partial charge in [0.1, 0.15) is 0 Å². The molecule has 0 aromatic rings. The Morgan fingerprint density at radius 1 is 0.941 bits per heavy atom. The van der Waals surface area contributed by atoms with E-state index < -0.39 is 0 Å². The molecule has 0 saturated carbocycles. The Balaban J connectivity index is 4.56. The van der Waals surface area contributed by atoms with Crippen molar-refractivity contribution in [1.29, 1.82) is 0 Å². The average molecular weight is 236 g/mol. The van der Waals surface area contributed by atoms with Gasteiger partial charge >= 0.3 is 0 Å². The largest absolute Gasteiger partial charge is 0.0854 e. The third-order valence-corrected chi connectivity index (χ3v) is 3.91. The third-order valence-electron chi connectivity index (χ3n) is 3.91. The third kappa shape index (κ3) is 6.71. The minimum atomic E-state index is 0.655. The zero-order valence-corrected chi connectivity index (χ0v) is 13.0. The number of hydrogen-bond acceptors (Lipinski definition) is 0. The quantitative estimate of drug-likeness (QED) is 0.486. The molecule has 0 rings (SSSR count). The molecule has 0 bridgehead atoms. The first kappa shape index (κ1) is 16.5. The predicted molar refractivity (Wildman–Crippen MR) is 80.1 cm³/mol. The molecule has 0 heterocycles. The SMILES string of the molecule is CCC(C)C=CC(CC)C(C)C=C(C)C(C)C. The second kappa shape index (κ2) is 8.55. The van der Waals surface area contributed by atoms with Crippen LogP contribution in [0.5, 0.6) is 0 Å². The smallest absolute Gasteiger partial charge is 0.0176 e. The van der Waals surface area contributed by atoms with Crippen molar-refractivity contribution in [2.75, 3.05) is 0 Å². The van der Waals surface area contributed by atoms with Crippen molar-refractivity contribution < 1.29 is 0 Å². The molecule has 0 spiro atoms. The van der Waals surface area contributed by atoms with Gasteiger partial charge in [-0.05, 0) is 37.0 Å². The van der Waals surface area contributed by atoms with E-state index in [1.807, 2.05) is 0 Å². The second-order valence-corrected chi connectivity index (χ2v) is 5.77. The van der Waals surface area contributed by atoms with Crippen molar-refractivity contribution in [3.63, 3.8) is 0 Å². The Kier molecular flexibility index (Phi) is 8.29. The lowest BCUT2D eigenvalue weighted by Crippen LogP contribution is -2.07. The van der Waals surface area contributed by atoms with Crippen molar-refractivity contribution in [2.24, 2.45) is 23.7 Å². The van der Waals surface area contributed by atoms with Crippen LogP contribution in [0.3, 0.4) is 0 Å². The maximum Gasteiger partial charge on any atom is -0.0176 e. The van der Waals surface area contributed by atoms with Gasteiger partial charge in [-0.25, -0.2) is 0 Å². The normalized spacial score (nSPS) is 18.7. The fourth-order valence-corrected chi connectivity index (χ4v) is 1.88. The molecule has 0 N–H and O–H groups in total. The van der Waals surface area contributed by atoms with E-state index in [0.717, 1.165) is 0 Å². The molecule has 0 fully saturated rings. The lowest BCUT2D eigenvalue weighted by atomic mass is 9.87. The van der Waals surface area contributed by atoms with E-state index in [-0.39, 0.29) is 0 Å².